The van der Waals surface area contributed by atoms with Gasteiger partial charge in [0.15, 0.2) is 0 Å². The molecule has 0 aromatic heterocycles. The van der Waals surface area contributed by atoms with E-state index in [1.807, 2.05) is 7.05 Å². The van der Waals surface area contributed by atoms with Crippen molar-refractivity contribution in [2.24, 2.45) is 5.92 Å². The number of ether oxygens (including phenoxy) is 1. The van der Waals surface area contributed by atoms with Gasteiger partial charge in [0.2, 0.25) is 0 Å². The molecule has 18 heavy (non-hydrogen) atoms. The number of hydrogen-bond acceptors (Lipinski definition) is 2. The zero-order chi connectivity index (χ0) is 13.1. The first-order chi connectivity index (χ1) is 8.61. The molecule has 4 heteroatoms. The maximum absolute atomic E-state index is 13.1. The van der Waals surface area contributed by atoms with Crippen LogP contribution in [0, 0.1) is 11.7 Å². The standard InChI is InChI=1S/C14H19ClFNO/c1-9-11(5-6-18-9)14(17-2)8-10-3-4-13(16)12(15)7-10/h3-4,7,9,11,14,17H,5-6,8H2,1-2H3. The molecular weight excluding hydrogens is 253 g/mol. The van der Waals surface area contributed by atoms with Crippen LogP contribution in [-0.2, 0) is 11.2 Å². The SMILES string of the molecule is CNC(Cc1ccc(F)c(Cl)c1)C1CCOC1C. The third-order valence-corrected chi connectivity index (χ3v) is 4.05. The van der Waals surface area contributed by atoms with Gasteiger partial charge in [0.05, 0.1) is 11.1 Å². The fraction of sp³-hybridized carbons (Fsp3) is 0.571. The van der Waals surface area contributed by atoms with Crippen LogP contribution in [0.3, 0.4) is 0 Å². The Labute approximate surface area is 112 Å². The van der Waals surface area contributed by atoms with Gasteiger partial charge in [0.1, 0.15) is 5.82 Å². The quantitative estimate of drug-likeness (QED) is 0.909. The van der Waals surface area contributed by atoms with E-state index in [2.05, 4.69) is 12.2 Å². The Bertz CT molecular complexity index is 413. The van der Waals surface area contributed by atoms with Crippen molar-refractivity contribution in [2.45, 2.75) is 31.9 Å². The van der Waals surface area contributed by atoms with Crippen LogP contribution in [-0.4, -0.2) is 25.8 Å². The van der Waals surface area contributed by atoms with Crippen molar-refractivity contribution in [3.8, 4) is 0 Å². The summed E-state index contributed by atoms with van der Waals surface area (Å²) in [6.07, 6.45) is 2.19. The zero-order valence-electron chi connectivity index (χ0n) is 10.7. The highest BCUT2D eigenvalue weighted by Gasteiger charge is 2.31. The minimum atomic E-state index is -0.362. The molecule has 0 amide bonds. The molecule has 2 nitrogen and oxygen atoms in total. The second kappa shape index (κ2) is 6.00. The smallest absolute Gasteiger partial charge is 0.141 e. The van der Waals surface area contributed by atoms with Gasteiger partial charge in [0, 0.05) is 18.6 Å². The van der Waals surface area contributed by atoms with Crippen molar-refractivity contribution in [1.82, 2.24) is 5.32 Å². The van der Waals surface area contributed by atoms with Gasteiger partial charge in [0.25, 0.3) is 0 Å². The Morgan fingerprint density at radius 1 is 1.56 bits per heavy atom. The highest BCUT2D eigenvalue weighted by atomic mass is 35.5. The first-order valence-corrected chi connectivity index (χ1v) is 6.72. The number of likely N-dealkylation sites (N-methyl/N-ethyl adjacent to an activating group) is 1. The predicted octanol–water partition coefficient (Wildman–Crippen LogP) is 3.03. The summed E-state index contributed by atoms with van der Waals surface area (Å²) >= 11 is 5.81. The zero-order valence-corrected chi connectivity index (χ0v) is 11.5. The molecule has 1 aromatic rings. The van der Waals surface area contributed by atoms with Crippen LogP contribution in [0.25, 0.3) is 0 Å². The lowest BCUT2D eigenvalue weighted by Crippen LogP contribution is -2.38. The molecule has 0 spiro atoms. The Kier molecular flexibility index (Phi) is 4.60. The molecule has 1 saturated heterocycles. The van der Waals surface area contributed by atoms with Gasteiger partial charge in [-0.05, 0) is 44.5 Å². The summed E-state index contributed by atoms with van der Waals surface area (Å²) < 4.78 is 18.7. The van der Waals surface area contributed by atoms with E-state index in [9.17, 15) is 4.39 Å². The van der Waals surface area contributed by atoms with Crippen molar-refractivity contribution in [3.63, 3.8) is 0 Å². The highest BCUT2D eigenvalue weighted by Crippen LogP contribution is 2.26. The summed E-state index contributed by atoms with van der Waals surface area (Å²) in [6.45, 7) is 2.94. The minimum absolute atomic E-state index is 0.193. The molecule has 100 valence electrons. The minimum Gasteiger partial charge on any atom is -0.378 e. The number of halogens is 2. The van der Waals surface area contributed by atoms with E-state index in [1.165, 1.54) is 6.07 Å². The van der Waals surface area contributed by atoms with E-state index in [0.717, 1.165) is 25.0 Å². The molecule has 0 aliphatic carbocycles. The van der Waals surface area contributed by atoms with Crippen molar-refractivity contribution >= 4 is 11.6 Å². The Morgan fingerprint density at radius 2 is 2.33 bits per heavy atom. The normalized spacial score (nSPS) is 25.3. The molecule has 1 aromatic carbocycles. The number of nitrogens with one attached hydrogen (secondary N) is 1. The Balaban J connectivity index is 2.07. The van der Waals surface area contributed by atoms with E-state index in [4.69, 9.17) is 16.3 Å². The molecule has 2 rings (SSSR count). The summed E-state index contributed by atoms with van der Waals surface area (Å²) in [5.41, 5.74) is 1.06. The van der Waals surface area contributed by atoms with Crippen molar-refractivity contribution in [1.29, 1.82) is 0 Å². The summed E-state index contributed by atoms with van der Waals surface area (Å²) in [5, 5.41) is 3.53. The molecule has 1 fully saturated rings. The van der Waals surface area contributed by atoms with Crippen LogP contribution in [0.15, 0.2) is 18.2 Å². The molecule has 1 aliphatic rings. The summed E-state index contributed by atoms with van der Waals surface area (Å²) in [6, 6.07) is 5.27. The Hall–Kier alpha value is -0.640. The van der Waals surface area contributed by atoms with E-state index < -0.39 is 0 Å². The molecule has 1 heterocycles. The van der Waals surface area contributed by atoms with Gasteiger partial charge in [-0.15, -0.1) is 0 Å². The fourth-order valence-electron chi connectivity index (χ4n) is 2.66. The van der Waals surface area contributed by atoms with Crippen LogP contribution in [0.4, 0.5) is 4.39 Å². The summed E-state index contributed by atoms with van der Waals surface area (Å²) in [7, 11) is 1.96. The third-order valence-electron chi connectivity index (χ3n) is 3.76. The first kappa shape index (κ1) is 13.8. The van der Waals surface area contributed by atoms with Gasteiger partial charge in [-0.3, -0.25) is 0 Å². The average Bonchev–Trinajstić information content (AvgIpc) is 2.77. The second-order valence-electron chi connectivity index (χ2n) is 4.88. The van der Waals surface area contributed by atoms with Gasteiger partial charge in [-0.2, -0.15) is 0 Å². The first-order valence-electron chi connectivity index (χ1n) is 6.34. The van der Waals surface area contributed by atoms with E-state index in [1.54, 1.807) is 12.1 Å². The lowest BCUT2D eigenvalue weighted by Gasteiger charge is -2.25. The average molecular weight is 272 g/mol. The van der Waals surface area contributed by atoms with Crippen LogP contribution in [0.5, 0.6) is 0 Å². The van der Waals surface area contributed by atoms with E-state index >= 15 is 0 Å². The Morgan fingerprint density at radius 3 is 2.89 bits per heavy atom. The number of hydrogen-bond donors (Lipinski definition) is 1. The molecule has 1 aliphatic heterocycles. The van der Waals surface area contributed by atoms with Gasteiger partial charge < -0.3 is 10.1 Å². The second-order valence-corrected chi connectivity index (χ2v) is 5.28. The van der Waals surface area contributed by atoms with Crippen LogP contribution in [0.2, 0.25) is 5.02 Å². The largest absolute Gasteiger partial charge is 0.378 e. The van der Waals surface area contributed by atoms with E-state index in [0.29, 0.717) is 12.0 Å². The number of rotatable bonds is 4. The number of benzene rings is 1. The maximum Gasteiger partial charge on any atom is 0.141 e. The van der Waals surface area contributed by atoms with Gasteiger partial charge in [-0.25, -0.2) is 4.39 Å². The molecule has 1 N–H and O–H groups in total. The van der Waals surface area contributed by atoms with Crippen molar-refractivity contribution in [2.75, 3.05) is 13.7 Å². The van der Waals surface area contributed by atoms with Crippen LogP contribution >= 0.6 is 11.6 Å². The lowest BCUT2D eigenvalue weighted by molar-refractivity contribution is 0.0963. The van der Waals surface area contributed by atoms with Crippen LogP contribution < -0.4 is 5.32 Å². The summed E-state index contributed by atoms with van der Waals surface area (Å²) in [4.78, 5) is 0. The van der Waals surface area contributed by atoms with Crippen LogP contribution in [0.1, 0.15) is 18.9 Å². The van der Waals surface area contributed by atoms with Crippen molar-refractivity contribution < 1.29 is 9.13 Å². The monoisotopic (exact) mass is 271 g/mol. The predicted molar refractivity (Wildman–Crippen MR) is 71.5 cm³/mol. The molecule has 3 atom stereocenters. The topological polar surface area (TPSA) is 21.3 Å². The molecular formula is C14H19ClFNO. The van der Waals surface area contributed by atoms with Crippen molar-refractivity contribution in [3.05, 3.63) is 34.6 Å². The molecule has 0 bridgehead atoms. The summed E-state index contributed by atoms with van der Waals surface area (Å²) in [5.74, 6) is 0.137. The molecule has 0 radical (unpaired) electrons. The third kappa shape index (κ3) is 3.02. The van der Waals surface area contributed by atoms with E-state index in [-0.39, 0.29) is 16.9 Å². The van der Waals surface area contributed by atoms with Gasteiger partial charge >= 0.3 is 0 Å². The lowest BCUT2D eigenvalue weighted by atomic mass is 9.89. The maximum atomic E-state index is 13.1. The fourth-order valence-corrected chi connectivity index (χ4v) is 2.87. The molecule has 0 saturated carbocycles. The van der Waals surface area contributed by atoms with Gasteiger partial charge in [-0.1, -0.05) is 17.7 Å². The molecule has 3 unspecified atom stereocenters. The highest BCUT2D eigenvalue weighted by molar-refractivity contribution is 6.30.